The van der Waals surface area contributed by atoms with Gasteiger partial charge in [-0.15, -0.1) is 0 Å². The van der Waals surface area contributed by atoms with E-state index in [1.54, 1.807) is 17.0 Å². The highest BCUT2D eigenvalue weighted by molar-refractivity contribution is 5.83. The summed E-state index contributed by atoms with van der Waals surface area (Å²) in [5.74, 6) is -0.0999. The van der Waals surface area contributed by atoms with E-state index in [1.165, 1.54) is 6.07 Å². The number of nitrogens with two attached hydrogens (primary N) is 1. The van der Waals surface area contributed by atoms with Crippen LogP contribution in [0.25, 0.3) is 0 Å². The largest absolute Gasteiger partial charge is 0.334 e. The fourth-order valence-electron chi connectivity index (χ4n) is 2.68. The quantitative estimate of drug-likeness (QED) is 0.670. The normalized spacial score (nSPS) is 19.5. The van der Waals surface area contributed by atoms with Crippen molar-refractivity contribution in [3.05, 3.63) is 39.4 Å². The molecule has 2 unspecified atom stereocenters. The Hall–Kier alpha value is -1.95. The van der Waals surface area contributed by atoms with E-state index in [0.717, 1.165) is 11.1 Å². The number of nitro groups is 1. The molecule has 0 spiro atoms. The minimum Gasteiger partial charge on any atom is -0.334 e. The minimum atomic E-state index is -0.588. The Balaban J connectivity index is 2.29. The Labute approximate surface area is 130 Å². The zero-order valence-corrected chi connectivity index (χ0v) is 13.5. The lowest BCUT2D eigenvalue weighted by Gasteiger charge is -2.39. The minimum absolute atomic E-state index is 0.0369. The van der Waals surface area contributed by atoms with E-state index in [-0.39, 0.29) is 23.1 Å². The zero-order valence-electron chi connectivity index (χ0n) is 13.5. The van der Waals surface area contributed by atoms with Crippen LogP contribution >= 0.6 is 0 Å². The molecule has 22 heavy (non-hydrogen) atoms. The molecular formula is C16H23N3O3. The Bertz CT molecular complexity index is 607. The summed E-state index contributed by atoms with van der Waals surface area (Å²) in [4.78, 5) is 24.9. The number of nitro benzene ring substituents is 1. The predicted molar refractivity (Wildman–Crippen MR) is 84.2 cm³/mol. The van der Waals surface area contributed by atoms with Crippen molar-refractivity contribution < 1.29 is 9.72 Å². The molecule has 0 radical (unpaired) electrons. The lowest BCUT2D eigenvalue weighted by atomic mass is 9.85. The third-order valence-electron chi connectivity index (χ3n) is 4.27. The van der Waals surface area contributed by atoms with E-state index in [9.17, 15) is 14.9 Å². The molecule has 0 bridgehead atoms. The smallest absolute Gasteiger partial charge is 0.269 e. The van der Waals surface area contributed by atoms with Gasteiger partial charge in [0.15, 0.2) is 0 Å². The Kier molecular flexibility index (Phi) is 4.24. The van der Waals surface area contributed by atoms with E-state index in [0.29, 0.717) is 13.0 Å². The molecule has 0 fully saturated rings. The summed E-state index contributed by atoms with van der Waals surface area (Å²) in [6, 6.07) is 4.31. The van der Waals surface area contributed by atoms with Gasteiger partial charge in [-0.05, 0) is 29.9 Å². The molecule has 2 atom stereocenters. The number of non-ortho nitro benzene ring substituents is 1. The van der Waals surface area contributed by atoms with Crippen molar-refractivity contribution in [3.8, 4) is 0 Å². The maximum Gasteiger partial charge on any atom is 0.269 e. The SMILES string of the molecule is CC1Cc2ccc([N+](=O)[O-])cc2CN1C(=O)C(N)C(C)(C)C. The molecule has 0 aromatic heterocycles. The Morgan fingerprint density at radius 2 is 2.05 bits per heavy atom. The average Bonchev–Trinajstić information content (AvgIpc) is 2.43. The van der Waals surface area contributed by atoms with Gasteiger partial charge in [-0.1, -0.05) is 26.8 Å². The third kappa shape index (κ3) is 3.11. The predicted octanol–water partition coefficient (Wildman–Crippen LogP) is 2.24. The number of amides is 1. The van der Waals surface area contributed by atoms with Crippen molar-refractivity contribution in [2.75, 3.05) is 0 Å². The van der Waals surface area contributed by atoms with Crippen LogP contribution in [-0.2, 0) is 17.8 Å². The van der Waals surface area contributed by atoms with Gasteiger partial charge in [-0.25, -0.2) is 0 Å². The molecule has 1 aromatic rings. The molecule has 0 saturated heterocycles. The molecule has 1 aromatic carbocycles. The number of carbonyl (C=O) groups excluding carboxylic acids is 1. The molecule has 120 valence electrons. The van der Waals surface area contributed by atoms with Gasteiger partial charge in [0.1, 0.15) is 0 Å². The summed E-state index contributed by atoms with van der Waals surface area (Å²) in [5, 5.41) is 10.9. The van der Waals surface area contributed by atoms with E-state index < -0.39 is 11.0 Å². The summed E-state index contributed by atoms with van der Waals surface area (Å²) in [6.07, 6.45) is 0.690. The lowest BCUT2D eigenvalue weighted by molar-refractivity contribution is -0.385. The van der Waals surface area contributed by atoms with Crippen molar-refractivity contribution >= 4 is 11.6 Å². The first-order valence-electron chi connectivity index (χ1n) is 7.43. The van der Waals surface area contributed by atoms with Crippen LogP contribution in [0.3, 0.4) is 0 Å². The van der Waals surface area contributed by atoms with Gasteiger partial charge in [0, 0.05) is 24.7 Å². The Morgan fingerprint density at radius 1 is 1.41 bits per heavy atom. The highest BCUT2D eigenvalue weighted by atomic mass is 16.6. The molecule has 0 saturated carbocycles. The number of carbonyl (C=O) groups is 1. The molecule has 1 amide bonds. The van der Waals surface area contributed by atoms with E-state index in [4.69, 9.17) is 5.73 Å². The molecule has 6 heteroatoms. The number of benzene rings is 1. The molecule has 2 N–H and O–H groups in total. The summed E-state index contributed by atoms with van der Waals surface area (Å²) in [7, 11) is 0. The average molecular weight is 305 g/mol. The number of hydrogen-bond donors (Lipinski definition) is 1. The van der Waals surface area contributed by atoms with Gasteiger partial charge in [0.25, 0.3) is 5.69 Å². The fourth-order valence-corrected chi connectivity index (χ4v) is 2.68. The molecule has 1 aliphatic heterocycles. The van der Waals surface area contributed by atoms with Crippen LogP contribution in [-0.4, -0.2) is 27.8 Å². The first kappa shape index (κ1) is 16.4. The van der Waals surface area contributed by atoms with Gasteiger partial charge in [-0.2, -0.15) is 0 Å². The fraction of sp³-hybridized carbons (Fsp3) is 0.562. The maximum absolute atomic E-state index is 12.7. The van der Waals surface area contributed by atoms with E-state index in [1.807, 2.05) is 27.7 Å². The number of rotatable bonds is 2. The molecule has 1 aliphatic rings. The lowest BCUT2D eigenvalue weighted by Crippen LogP contribution is -2.54. The summed E-state index contributed by atoms with van der Waals surface area (Å²) >= 11 is 0. The second-order valence-electron chi connectivity index (χ2n) is 7.07. The third-order valence-corrected chi connectivity index (χ3v) is 4.27. The zero-order chi connectivity index (χ0) is 16.7. The summed E-state index contributed by atoms with van der Waals surface area (Å²) in [5.41, 5.74) is 7.72. The first-order valence-corrected chi connectivity index (χ1v) is 7.43. The van der Waals surface area contributed by atoms with Crippen molar-refractivity contribution in [1.82, 2.24) is 4.90 Å². The van der Waals surface area contributed by atoms with Gasteiger partial charge in [0.2, 0.25) is 5.91 Å². The molecule has 0 aliphatic carbocycles. The van der Waals surface area contributed by atoms with Crippen molar-refractivity contribution in [2.24, 2.45) is 11.1 Å². The second kappa shape index (κ2) is 5.68. The first-order chi connectivity index (χ1) is 10.1. The highest BCUT2D eigenvalue weighted by Crippen LogP contribution is 2.29. The topological polar surface area (TPSA) is 89.5 Å². The van der Waals surface area contributed by atoms with Crippen molar-refractivity contribution in [1.29, 1.82) is 0 Å². The van der Waals surface area contributed by atoms with Gasteiger partial charge in [0.05, 0.1) is 11.0 Å². The van der Waals surface area contributed by atoms with Gasteiger partial charge < -0.3 is 10.6 Å². The standard InChI is InChI=1S/C16H23N3O3/c1-10-7-11-5-6-13(19(21)22)8-12(11)9-18(10)15(20)14(17)16(2,3)4/h5-6,8,10,14H,7,9,17H2,1-4H3. The van der Waals surface area contributed by atoms with Crippen molar-refractivity contribution in [3.63, 3.8) is 0 Å². The molecular weight excluding hydrogens is 282 g/mol. The molecule has 6 nitrogen and oxygen atoms in total. The highest BCUT2D eigenvalue weighted by Gasteiger charge is 2.35. The van der Waals surface area contributed by atoms with Crippen LogP contribution in [0.2, 0.25) is 0 Å². The monoisotopic (exact) mass is 305 g/mol. The maximum atomic E-state index is 12.7. The van der Waals surface area contributed by atoms with Gasteiger partial charge >= 0.3 is 0 Å². The van der Waals surface area contributed by atoms with Crippen LogP contribution in [0.5, 0.6) is 0 Å². The number of nitrogens with zero attached hydrogens (tertiary/aromatic N) is 2. The summed E-state index contributed by atoms with van der Waals surface area (Å²) < 4.78 is 0. The summed E-state index contributed by atoms with van der Waals surface area (Å²) in [6.45, 7) is 8.16. The molecule has 2 rings (SSSR count). The van der Waals surface area contributed by atoms with E-state index in [2.05, 4.69) is 0 Å². The second-order valence-corrected chi connectivity index (χ2v) is 7.07. The van der Waals surface area contributed by atoms with Crippen LogP contribution in [0.4, 0.5) is 5.69 Å². The van der Waals surface area contributed by atoms with Gasteiger partial charge in [-0.3, -0.25) is 14.9 Å². The van der Waals surface area contributed by atoms with Crippen molar-refractivity contribution in [2.45, 2.75) is 52.7 Å². The van der Waals surface area contributed by atoms with E-state index >= 15 is 0 Å². The van der Waals surface area contributed by atoms with Crippen LogP contribution in [0.1, 0.15) is 38.8 Å². The van der Waals surface area contributed by atoms with Crippen LogP contribution in [0.15, 0.2) is 18.2 Å². The Morgan fingerprint density at radius 3 is 2.59 bits per heavy atom. The molecule has 1 heterocycles. The van der Waals surface area contributed by atoms with Crippen LogP contribution in [0, 0.1) is 15.5 Å². The number of hydrogen-bond acceptors (Lipinski definition) is 4. The number of fused-ring (bicyclic) bond motifs is 1. The van der Waals surface area contributed by atoms with Crippen LogP contribution < -0.4 is 5.73 Å².